The number of sulfonamides is 1. The van der Waals surface area contributed by atoms with E-state index in [0.717, 1.165) is 0 Å². The average molecular weight is 367 g/mol. The second kappa shape index (κ2) is 6.51. The van der Waals surface area contributed by atoms with E-state index in [0.29, 0.717) is 4.47 Å². The molecule has 0 aliphatic rings. The first-order chi connectivity index (χ1) is 9.12. The molecule has 0 heterocycles. The van der Waals surface area contributed by atoms with Gasteiger partial charge in [-0.25, -0.2) is 12.8 Å². The Balaban J connectivity index is 3.39. The van der Waals surface area contributed by atoms with Gasteiger partial charge in [-0.2, -0.15) is 4.31 Å². The van der Waals surface area contributed by atoms with Crippen LogP contribution in [0.3, 0.4) is 0 Å². The highest BCUT2D eigenvalue weighted by atomic mass is 79.9. The van der Waals surface area contributed by atoms with E-state index in [-0.39, 0.29) is 29.0 Å². The maximum absolute atomic E-state index is 14.3. The van der Waals surface area contributed by atoms with E-state index in [9.17, 15) is 12.8 Å². The summed E-state index contributed by atoms with van der Waals surface area (Å²) in [5.41, 5.74) is 5.62. The van der Waals surface area contributed by atoms with E-state index in [1.54, 1.807) is 6.92 Å². The van der Waals surface area contributed by atoms with Crippen molar-refractivity contribution in [1.29, 1.82) is 0 Å². The molecule has 0 saturated carbocycles. The first kappa shape index (κ1) is 17.6. The van der Waals surface area contributed by atoms with Crippen LogP contribution >= 0.6 is 15.9 Å². The first-order valence-corrected chi connectivity index (χ1v) is 8.52. The Morgan fingerprint density at radius 2 is 1.90 bits per heavy atom. The fourth-order valence-electron chi connectivity index (χ4n) is 1.75. The molecule has 0 aliphatic heterocycles. The number of benzene rings is 1. The van der Waals surface area contributed by atoms with E-state index < -0.39 is 15.8 Å². The number of nitrogens with zero attached hydrogens (tertiary/aromatic N) is 1. The van der Waals surface area contributed by atoms with E-state index in [1.165, 1.54) is 23.5 Å². The molecule has 2 N–H and O–H groups in total. The molecule has 0 radical (unpaired) electrons. The molecule has 1 atom stereocenters. The smallest absolute Gasteiger partial charge is 0.246 e. The highest BCUT2D eigenvalue weighted by molar-refractivity contribution is 9.10. The SMILES string of the molecule is CC(C)C(C)N(C)S(=O)(=O)c1cc(Br)cc(CN)c1F. The molecule has 114 valence electrons. The third-order valence-corrected chi connectivity index (χ3v) is 5.90. The summed E-state index contributed by atoms with van der Waals surface area (Å²) in [6, 6.07) is 2.52. The minimum absolute atomic E-state index is 0.0583. The largest absolute Gasteiger partial charge is 0.326 e. The van der Waals surface area contributed by atoms with Crippen LogP contribution in [0.15, 0.2) is 21.5 Å². The van der Waals surface area contributed by atoms with Gasteiger partial charge in [-0.3, -0.25) is 0 Å². The van der Waals surface area contributed by atoms with Gasteiger partial charge in [-0.05, 0) is 25.0 Å². The predicted molar refractivity (Wildman–Crippen MR) is 81.2 cm³/mol. The topological polar surface area (TPSA) is 63.4 Å². The fraction of sp³-hybridized carbons (Fsp3) is 0.538. The highest BCUT2D eigenvalue weighted by Gasteiger charge is 2.30. The number of halogens is 2. The van der Waals surface area contributed by atoms with E-state index in [1.807, 2.05) is 13.8 Å². The third kappa shape index (κ3) is 3.39. The molecule has 1 aromatic rings. The lowest BCUT2D eigenvalue weighted by Crippen LogP contribution is -2.38. The Bertz CT molecular complexity index is 590. The van der Waals surface area contributed by atoms with Gasteiger partial charge >= 0.3 is 0 Å². The van der Waals surface area contributed by atoms with Crippen molar-refractivity contribution in [3.05, 3.63) is 28.0 Å². The van der Waals surface area contributed by atoms with Crippen LogP contribution in [-0.2, 0) is 16.6 Å². The van der Waals surface area contributed by atoms with Crippen LogP contribution in [0, 0.1) is 11.7 Å². The Morgan fingerprint density at radius 1 is 1.35 bits per heavy atom. The quantitative estimate of drug-likeness (QED) is 0.871. The summed E-state index contributed by atoms with van der Waals surface area (Å²) in [5.74, 6) is -0.655. The molecule has 1 aromatic carbocycles. The maximum atomic E-state index is 14.3. The average Bonchev–Trinajstić information content (AvgIpc) is 2.38. The van der Waals surface area contributed by atoms with Crippen LogP contribution in [0.5, 0.6) is 0 Å². The molecule has 0 aromatic heterocycles. The number of nitrogens with two attached hydrogens (primary N) is 1. The van der Waals surface area contributed by atoms with Gasteiger partial charge in [0.2, 0.25) is 10.0 Å². The van der Waals surface area contributed by atoms with Crippen molar-refractivity contribution in [3.63, 3.8) is 0 Å². The lowest BCUT2D eigenvalue weighted by Gasteiger charge is -2.27. The molecular formula is C13H20BrFN2O2S. The van der Waals surface area contributed by atoms with Crippen molar-refractivity contribution >= 4 is 26.0 Å². The van der Waals surface area contributed by atoms with Crippen molar-refractivity contribution in [3.8, 4) is 0 Å². The minimum atomic E-state index is -3.90. The summed E-state index contributed by atoms with van der Waals surface area (Å²) in [6.45, 7) is 5.57. The highest BCUT2D eigenvalue weighted by Crippen LogP contribution is 2.27. The summed E-state index contributed by atoms with van der Waals surface area (Å²) in [6.07, 6.45) is 0. The van der Waals surface area contributed by atoms with Gasteiger partial charge in [0.25, 0.3) is 0 Å². The van der Waals surface area contributed by atoms with Crippen LogP contribution in [0.4, 0.5) is 4.39 Å². The molecule has 7 heteroatoms. The molecule has 4 nitrogen and oxygen atoms in total. The Morgan fingerprint density at radius 3 is 2.35 bits per heavy atom. The normalized spacial score (nSPS) is 14.1. The minimum Gasteiger partial charge on any atom is -0.326 e. The van der Waals surface area contributed by atoms with E-state index >= 15 is 0 Å². The molecule has 0 aliphatic carbocycles. The van der Waals surface area contributed by atoms with Crippen LogP contribution in [0.2, 0.25) is 0 Å². The van der Waals surface area contributed by atoms with Gasteiger partial charge in [0, 0.05) is 29.7 Å². The molecule has 0 amide bonds. The lowest BCUT2D eigenvalue weighted by molar-refractivity contribution is 0.314. The maximum Gasteiger partial charge on any atom is 0.246 e. The van der Waals surface area contributed by atoms with Gasteiger partial charge in [0.05, 0.1) is 0 Å². The molecule has 1 rings (SSSR count). The third-order valence-electron chi connectivity index (χ3n) is 3.49. The standard InChI is InChI=1S/C13H20BrFN2O2S/c1-8(2)9(3)17(4)20(18,19)12-6-11(14)5-10(7-16)13(12)15/h5-6,8-9H,7,16H2,1-4H3. The zero-order valence-corrected chi connectivity index (χ0v) is 14.4. The van der Waals surface area contributed by atoms with Crippen LogP contribution < -0.4 is 5.73 Å². The van der Waals surface area contributed by atoms with Crippen LogP contribution in [0.25, 0.3) is 0 Å². The second-order valence-electron chi connectivity index (χ2n) is 5.09. The molecule has 0 bridgehead atoms. The number of rotatable bonds is 5. The van der Waals surface area contributed by atoms with Crippen molar-refractivity contribution in [2.45, 2.75) is 38.3 Å². The second-order valence-corrected chi connectivity index (χ2v) is 7.97. The van der Waals surface area contributed by atoms with E-state index in [4.69, 9.17) is 5.73 Å². The van der Waals surface area contributed by atoms with Crippen molar-refractivity contribution in [2.75, 3.05) is 7.05 Å². The fourth-order valence-corrected chi connectivity index (χ4v) is 4.03. The van der Waals surface area contributed by atoms with Gasteiger partial charge in [0.15, 0.2) is 0 Å². The lowest BCUT2D eigenvalue weighted by atomic mass is 10.1. The summed E-state index contributed by atoms with van der Waals surface area (Å²) >= 11 is 3.19. The van der Waals surface area contributed by atoms with Crippen LogP contribution in [-0.4, -0.2) is 25.8 Å². The summed E-state index contributed by atoms with van der Waals surface area (Å²) in [7, 11) is -2.44. The Hall–Kier alpha value is -0.500. The summed E-state index contributed by atoms with van der Waals surface area (Å²) in [5, 5.41) is 0. The molecular weight excluding hydrogens is 347 g/mol. The number of hydrogen-bond donors (Lipinski definition) is 1. The van der Waals surface area contributed by atoms with Gasteiger partial charge in [-0.15, -0.1) is 0 Å². The molecule has 1 unspecified atom stereocenters. The van der Waals surface area contributed by atoms with Gasteiger partial charge < -0.3 is 5.73 Å². The molecule has 0 fully saturated rings. The predicted octanol–water partition coefficient (Wildman–Crippen LogP) is 2.71. The zero-order valence-electron chi connectivity index (χ0n) is 12.0. The van der Waals surface area contributed by atoms with Gasteiger partial charge in [-0.1, -0.05) is 29.8 Å². The first-order valence-electron chi connectivity index (χ1n) is 6.29. The molecule has 0 spiro atoms. The summed E-state index contributed by atoms with van der Waals surface area (Å²) < 4.78 is 41.0. The molecule has 20 heavy (non-hydrogen) atoms. The Labute approximate surface area is 128 Å². The monoisotopic (exact) mass is 366 g/mol. The molecule has 0 saturated heterocycles. The van der Waals surface area contributed by atoms with E-state index in [2.05, 4.69) is 15.9 Å². The zero-order chi connectivity index (χ0) is 15.7. The Kier molecular flexibility index (Phi) is 5.71. The van der Waals surface area contributed by atoms with Crippen molar-refractivity contribution in [2.24, 2.45) is 11.7 Å². The van der Waals surface area contributed by atoms with Crippen molar-refractivity contribution < 1.29 is 12.8 Å². The summed E-state index contributed by atoms with van der Waals surface area (Å²) in [4.78, 5) is -0.345. The van der Waals surface area contributed by atoms with Crippen LogP contribution in [0.1, 0.15) is 26.3 Å². The van der Waals surface area contributed by atoms with Gasteiger partial charge in [0.1, 0.15) is 10.7 Å². The van der Waals surface area contributed by atoms with Crippen molar-refractivity contribution in [1.82, 2.24) is 4.31 Å². The number of hydrogen-bond acceptors (Lipinski definition) is 3.